The van der Waals surface area contributed by atoms with Crippen molar-refractivity contribution in [1.29, 1.82) is 0 Å². The quantitative estimate of drug-likeness (QED) is 0.329. The maximum absolute atomic E-state index is 12.1. The Morgan fingerprint density at radius 1 is 0.861 bits per heavy atom. The van der Waals surface area contributed by atoms with Crippen LogP contribution in [0.25, 0.3) is 0 Å². The van der Waals surface area contributed by atoms with Crippen LogP contribution in [0, 0.1) is 52.8 Å². The molecule has 1 aliphatic heterocycles. The monoisotopic (exact) mass is 509 g/mol. The first-order chi connectivity index (χ1) is 13.1. The molecule has 2 nitrogen and oxygen atoms in total. The number of rotatable bonds is 1. The van der Waals surface area contributed by atoms with Crippen molar-refractivity contribution >= 4 is 5.78 Å². The van der Waals surface area contributed by atoms with Gasteiger partial charge in [-0.3, -0.25) is 4.79 Å². The fourth-order valence-electron chi connectivity index (χ4n) is 9.34. The summed E-state index contributed by atoms with van der Waals surface area (Å²) in [5.41, 5.74) is 1.98. The lowest BCUT2D eigenvalue weighted by Crippen LogP contribution is -2.56. The molecule has 216 valence electrons. The Bertz CT molecular complexity index is 776. The van der Waals surface area contributed by atoms with E-state index in [0.29, 0.717) is 11.2 Å². The lowest BCUT2D eigenvalue weighted by atomic mass is 9.46. The fraction of sp³-hybridized carbons (Fsp3) is 0.853. The maximum atomic E-state index is 12.1. The van der Waals surface area contributed by atoms with Crippen LogP contribution < -0.4 is 0 Å². The maximum Gasteiger partial charge on any atom is 0.155 e. The molecule has 0 saturated heterocycles. The first-order valence-corrected chi connectivity index (χ1v) is 11.7. The predicted octanol–water partition coefficient (Wildman–Crippen LogP) is 10.7. The van der Waals surface area contributed by atoms with E-state index in [1.54, 1.807) is 5.57 Å². The average Bonchev–Trinajstić information content (AvgIpc) is 3.58. The summed E-state index contributed by atoms with van der Waals surface area (Å²) in [6.07, 6.45) is 17.1. The van der Waals surface area contributed by atoms with E-state index >= 15 is 0 Å². The van der Waals surface area contributed by atoms with E-state index in [2.05, 4.69) is 25.2 Å². The van der Waals surface area contributed by atoms with Crippen LogP contribution in [0.4, 0.5) is 0 Å². The molecular weight excluding hydrogens is 440 g/mol. The summed E-state index contributed by atoms with van der Waals surface area (Å²) in [4.78, 5) is 12.1. The first-order valence-electron chi connectivity index (χ1n) is 11.7. The zero-order chi connectivity index (χ0) is 18.0. The van der Waals surface area contributed by atoms with Crippen molar-refractivity contribution in [2.45, 2.75) is 131 Å². The number of ether oxygens (including phenoxy) is 1. The molecule has 1 heterocycles. The highest BCUT2D eigenvalue weighted by atomic mass is 16.5. The molecule has 0 N–H and O–H groups in total. The Balaban J connectivity index is -0.00000121. The lowest BCUT2D eigenvalue weighted by Gasteiger charge is -2.59. The van der Waals surface area contributed by atoms with E-state index < -0.39 is 0 Å². The number of hydrogen-bond acceptors (Lipinski definition) is 2. The van der Waals surface area contributed by atoms with Gasteiger partial charge in [0.25, 0.3) is 0 Å². The van der Waals surface area contributed by atoms with Gasteiger partial charge in [-0.25, -0.2) is 0 Å². The predicted molar refractivity (Wildman–Crippen MR) is 164 cm³/mol. The molecule has 7 rings (SSSR count). The van der Waals surface area contributed by atoms with Crippen molar-refractivity contribution in [3.8, 4) is 0 Å². The lowest BCUT2D eigenvalue weighted by molar-refractivity contribution is -0.143. The average molecular weight is 509 g/mol. The molecule has 6 aliphatic carbocycles. The summed E-state index contributed by atoms with van der Waals surface area (Å²) in [6.45, 7) is 3.44. The molecular formula is C34H68O2. The Morgan fingerprint density at radius 3 is 2.11 bits per heavy atom. The molecule has 0 unspecified atom stereocenters. The van der Waals surface area contributed by atoms with Crippen LogP contribution in [-0.4, -0.2) is 18.0 Å². The molecule has 0 aromatic carbocycles. The molecule has 5 fully saturated rings. The molecule has 2 heteroatoms. The zero-order valence-electron chi connectivity index (χ0n) is 16.5. The van der Waals surface area contributed by atoms with Crippen molar-refractivity contribution in [1.82, 2.24) is 0 Å². The van der Waals surface area contributed by atoms with Crippen LogP contribution in [-0.2, 0) is 9.53 Å². The van der Waals surface area contributed by atoms with Crippen molar-refractivity contribution < 1.29 is 9.53 Å². The molecule has 36 heavy (non-hydrogen) atoms. The highest BCUT2D eigenvalue weighted by molar-refractivity contribution is 5.91. The molecule has 0 radical (unpaired) electrons. The SMILES string of the molecule is C.C.C.C.C.C.C.C.C.C[C@]12CC[C@H]3[C@H]([C@@H]1[C@H]1C[C@H]1[C@@]21C=CCO1)[C@H](C1CC1)CC1=CC(=O)CC[C@@H]13. The molecule has 0 aromatic rings. The van der Waals surface area contributed by atoms with Crippen LogP contribution in [0.2, 0.25) is 0 Å². The Hall–Kier alpha value is -0.890. The highest BCUT2D eigenvalue weighted by Gasteiger charge is 2.77. The van der Waals surface area contributed by atoms with Crippen molar-refractivity contribution in [2.75, 3.05) is 6.61 Å². The van der Waals surface area contributed by atoms with Gasteiger partial charge in [-0.05, 0) is 98.4 Å². The van der Waals surface area contributed by atoms with E-state index in [0.717, 1.165) is 66.8 Å². The van der Waals surface area contributed by atoms with Gasteiger partial charge in [0.15, 0.2) is 5.78 Å². The Kier molecular flexibility index (Phi) is 14.1. The van der Waals surface area contributed by atoms with Gasteiger partial charge in [-0.1, -0.05) is 91.5 Å². The third-order valence-electron chi connectivity index (χ3n) is 10.4. The van der Waals surface area contributed by atoms with E-state index in [-0.39, 0.29) is 72.4 Å². The van der Waals surface area contributed by atoms with Crippen LogP contribution >= 0.6 is 0 Å². The van der Waals surface area contributed by atoms with Gasteiger partial charge in [0.05, 0.1) is 12.2 Å². The van der Waals surface area contributed by atoms with Gasteiger partial charge < -0.3 is 4.74 Å². The van der Waals surface area contributed by atoms with E-state index in [1.165, 1.54) is 38.5 Å². The number of carbonyl (C=O) groups excluding carboxylic acids is 1. The fourth-order valence-corrected chi connectivity index (χ4v) is 9.34. The molecule has 0 bridgehead atoms. The molecule has 9 atom stereocenters. The summed E-state index contributed by atoms with van der Waals surface area (Å²) in [7, 11) is 0. The van der Waals surface area contributed by atoms with Gasteiger partial charge in [-0.15, -0.1) is 0 Å². The van der Waals surface area contributed by atoms with Gasteiger partial charge in [-0.2, -0.15) is 0 Å². The second-order valence-electron chi connectivity index (χ2n) is 11.3. The van der Waals surface area contributed by atoms with E-state index in [4.69, 9.17) is 4.74 Å². The minimum absolute atomic E-state index is 0. The van der Waals surface area contributed by atoms with Gasteiger partial charge in [0.2, 0.25) is 0 Å². The van der Waals surface area contributed by atoms with Crippen LogP contribution in [0.1, 0.15) is 125 Å². The van der Waals surface area contributed by atoms with Crippen molar-refractivity contribution in [3.63, 3.8) is 0 Å². The number of hydrogen-bond donors (Lipinski definition) is 0. The van der Waals surface area contributed by atoms with Crippen LogP contribution in [0.5, 0.6) is 0 Å². The smallest absolute Gasteiger partial charge is 0.155 e. The number of fused-ring (bicyclic) bond motifs is 9. The summed E-state index contributed by atoms with van der Waals surface area (Å²) < 4.78 is 6.57. The van der Waals surface area contributed by atoms with Crippen LogP contribution in [0.3, 0.4) is 0 Å². The van der Waals surface area contributed by atoms with Gasteiger partial charge >= 0.3 is 0 Å². The van der Waals surface area contributed by atoms with Crippen molar-refractivity contribution in [2.24, 2.45) is 52.8 Å². The molecule has 5 saturated carbocycles. The summed E-state index contributed by atoms with van der Waals surface area (Å²) >= 11 is 0. The van der Waals surface area contributed by atoms with Crippen LogP contribution in [0.15, 0.2) is 23.8 Å². The van der Waals surface area contributed by atoms with E-state index in [9.17, 15) is 4.79 Å². The topological polar surface area (TPSA) is 26.3 Å². The van der Waals surface area contributed by atoms with E-state index in [1.807, 2.05) is 0 Å². The summed E-state index contributed by atoms with van der Waals surface area (Å²) in [5.74, 6) is 7.28. The van der Waals surface area contributed by atoms with Gasteiger partial charge in [0, 0.05) is 11.8 Å². The van der Waals surface area contributed by atoms with Crippen molar-refractivity contribution in [3.05, 3.63) is 23.8 Å². The zero-order valence-corrected chi connectivity index (χ0v) is 16.5. The largest absolute Gasteiger partial charge is 0.366 e. The second-order valence-corrected chi connectivity index (χ2v) is 11.3. The second kappa shape index (κ2) is 12.8. The summed E-state index contributed by atoms with van der Waals surface area (Å²) in [5, 5.41) is 0. The normalized spacial score (nSPS) is 43.3. The first kappa shape index (κ1) is 39.6. The third-order valence-corrected chi connectivity index (χ3v) is 10.4. The Labute approximate surface area is 229 Å². The Morgan fingerprint density at radius 2 is 1.53 bits per heavy atom. The minimum Gasteiger partial charge on any atom is -0.366 e. The molecule has 0 aromatic heterocycles. The molecule has 1 spiro atoms. The third kappa shape index (κ3) is 4.71. The number of allylic oxidation sites excluding steroid dienone is 1. The number of carbonyl (C=O) groups is 1. The van der Waals surface area contributed by atoms with Gasteiger partial charge in [0.1, 0.15) is 0 Å². The minimum atomic E-state index is 0. The molecule has 7 aliphatic rings. The molecule has 0 amide bonds. The standard InChI is InChI=1S/C25H32O2.9CH4/c1-24-9-7-18-17-6-5-16(26)11-15(17)12-19(14-3-4-14)22(18)23(24)20-13-21(20)25(24)8-2-10-27-25;;;;;;;;;/h2,8,11,14,17-23H,3-7,9-10,12-13H2,1H3;9*1H4/t17-,18+,19-,20-,21+,22-,23-,24-,25-;;;;;;;;;/m0........./s1. The number of ketones is 1. The highest BCUT2D eigenvalue weighted by Crippen LogP contribution is 2.78. The summed E-state index contributed by atoms with van der Waals surface area (Å²) in [6, 6.07) is 0.